The Bertz CT molecular complexity index is 959. The van der Waals surface area contributed by atoms with E-state index in [1.165, 1.54) is 45.1 Å². The van der Waals surface area contributed by atoms with Gasteiger partial charge in [-0.15, -0.1) is 0 Å². The molecule has 1 saturated carbocycles. The third-order valence-corrected chi connectivity index (χ3v) is 6.74. The molecule has 0 spiro atoms. The van der Waals surface area contributed by atoms with Crippen molar-refractivity contribution in [2.75, 3.05) is 0 Å². The summed E-state index contributed by atoms with van der Waals surface area (Å²) in [5, 5.41) is 0. The van der Waals surface area contributed by atoms with E-state index in [-0.39, 0.29) is 16.5 Å². The molecular formula is C30H42N2Ni. The minimum atomic E-state index is 0. The average Bonchev–Trinajstić information content (AvgIpc) is 3.07. The van der Waals surface area contributed by atoms with Crippen molar-refractivity contribution in [3.8, 4) is 0 Å². The van der Waals surface area contributed by atoms with E-state index in [9.17, 15) is 0 Å². The maximum absolute atomic E-state index is 5.39. The van der Waals surface area contributed by atoms with Crippen LogP contribution in [-0.2, 0) is 16.5 Å². The monoisotopic (exact) mass is 488 g/mol. The van der Waals surface area contributed by atoms with Crippen molar-refractivity contribution in [1.29, 1.82) is 0 Å². The summed E-state index contributed by atoms with van der Waals surface area (Å²) >= 11 is 0. The molecule has 0 heterocycles. The zero-order valence-electron chi connectivity index (χ0n) is 22.0. The molecule has 1 fully saturated rings. The molecule has 1 unspecified atom stereocenters. The quantitative estimate of drug-likeness (QED) is 0.361. The van der Waals surface area contributed by atoms with Crippen LogP contribution in [0.3, 0.4) is 0 Å². The van der Waals surface area contributed by atoms with Crippen molar-refractivity contribution in [3.05, 3.63) is 58.7 Å². The first-order valence-corrected chi connectivity index (χ1v) is 12.5. The average molecular weight is 489 g/mol. The fourth-order valence-electron chi connectivity index (χ4n) is 4.73. The third-order valence-electron chi connectivity index (χ3n) is 6.74. The second kappa shape index (κ2) is 11.6. The van der Waals surface area contributed by atoms with Crippen LogP contribution in [0.5, 0.6) is 0 Å². The number of para-hydroxylation sites is 2. The zero-order chi connectivity index (χ0) is 23.6. The van der Waals surface area contributed by atoms with Crippen LogP contribution < -0.4 is 0 Å². The molecule has 0 aliphatic heterocycles. The van der Waals surface area contributed by atoms with E-state index in [2.05, 4.69) is 98.7 Å². The molecule has 1 atom stereocenters. The van der Waals surface area contributed by atoms with Gasteiger partial charge in [0.25, 0.3) is 0 Å². The first-order valence-electron chi connectivity index (χ1n) is 12.5. The van der Waals surface area contributed by atoms with Gasteiger partial charge in [-0.05, 0) is 58.8 Å². The summed E-state index contributed by atoms with van der Waals surface area (Å²) in [6.07, 6.45) is 2.13. The second-order valence-electron chi connectivity index (χ2n) is 10.7. The number of benzene rings is 2. The summed E-state index contributed by atoms with van der Waals surface area (Å²) < 4.78 is 0. The predicted molar refractivity (Wildman–Crippen MR) is 142 cm³/mol. The van der Waals surface area contributed by atoms with Gasteiger partial charge in [0.1, 0.15) is 0 Å². The molecule has 0 bridgehead atoms. The van der Waals surface area contributed by atoms with Crippen molar-refractivity contribution in [2.45, 2.75) is 98.8 Å². The normalized spacial score (nSPS) is 18.9. The van der Waals surface area contributed by atoms with E-state index in [1.807, 2.05) is 0 Å². The summed E-state index contributed by atoms with van der Waals surface area (Å²) in [4.78, 5) is 10.8. The minimum absolute atomic E-state index is 0. The number of rotatable bonds is 6. The molecule has 2 aromatic rings. The fraction of sp³-hybridized carbons (Fsp3) is 0.533. The molecule has 2 aromatic carbocycles. The topological polar surface area (TPSA) is 24.7 Å². The number of hydrogen-bond acceptors (Lipinski definition) is 2. The van der Waals surface area contributed by atoms with Gasteiger partial charge in [-0.2, -0.15) is 0 Å². The van der Waals surface area contributed by atoms with Crippen molar-refractivity contribution in [2.24, 2.45) is 15.9 Å². The smallest absolute Gasteiger partial charge is 0.0703 e. The van der Waals surface area contributed by atoms with E-state index in [4.69, 9.17) is 9.98 Å². The molecule has 3 rings (SSSR count). The number of nitrogens with zero attached hydrogens (tertiary/aromatic N) is 2. The third kappa shape index (κ3) is 6.04. The van der Waals surface area contributed by atoms with Crippen LogP contribution in [0.15, 0.2) is 46.4 Å². The van der Waals surface area contributed by atoms with Crippen molar-refractivity contribution < 1.29 is 16.5 Å². The molecule has 0 radical (unpaired) electrons. The number of hydrogen-bond donors (Lipinski definition) is 0. The first-order chi connectivity index (χ1) is 15.1. The van der Waals surface area contributed by atoms with E-state index in [1.54, 1.807) is 0 Å². The Hall–Kier alpha value is -1.73. The molecule has 182 valence electrons. The van der Waals surface area contributed by atoms with Gasteiger partial charge in [-0.25, -0.2) is 0 Å². The van der Waals surface area contributed by atoms with Gasteiger partial charge in [0.05, 0.1) is 22.8 Å². The van der Waals surface area contributed by atoms with Crippen LogP contribution in [0.1, 0.15) is 121 Å². The van der Waals surface area contributed by atoms with Crippen molar-refractivity contribution in [1.82, 2.24) is 0 Å². The zero-order valence-corrected chi connectivity index (χ0v) is 23.0. The van der Waals surface area contributed by atoms with Crippen LogP contribution in [0.2, 0.25) is 0 Å². The van der Waals surface area contributed by atoms with E-state index in [0.29, 0.717) is 29.6 Å². The summed E-state index contributed by atoms with van der Waals surface area (Å²) in [5.41, 5.74) is 10.1. The number of aliphatic imine (C=N–C) groups is 2. The molecule has 0 amide bonds. The summed E-state index contributed by atoms with van der Waals surface area (Å²) in [6.45, 7) is 20.5. The Labute approximate surface area is 212 Å². The molecule has 3 heteroatoms. The van der Waals surface area contributed by atoms with Gasteiger partial charge in [0.2, 0.25) is 0 Å². The Kier molecular flexibility index (Phi) is 9.68. The standard InChI is InChI=1S/C30H42N2.Ni/c1-18(2)23-12-10-13-24(19(3)4)29(23)31-27-17-16-22(9)28(27)32-30-25(20(5)6)14-11-15-26(30)21(7)8;/h10-15,18-22H,16-17H2,1-9H3;. The molecular weight excluding hydrogens is 447 g/mol. The molecule has 33 heavy (non-hydrogen) atoms. The van der Waals surface area contributed by atoms with Gasteiger partial charge < -0.3 is 0 Å². The van der Waals surface area contributed by atoms with Gasteiger partial charge in [-0.1, -0.05) is 98.7 Å². The van der Waals surface area contributed by atoms with Crippen molar-refractivity contribution >= 4 is 22.8 Å². The van der Waals surface area contributed by atoms with Crippen LogP contribution in [-0.4, -0.2) is 11.4 Å². The summed E-state index contributed by atoms with van der Waals surface area (Å²) in [6, 6.07) is 13.4. The van der Waals surface area contributed by atoms with Crippen LogP contribution >= 0.6 is 0 Å². The van der Waals surface area contributed by atoms with E-state index >= 15 is 0 Å². The maximum atomic E-state index is 5.39. The molecule has 0 saturated heterocycles. The van der Waals surface area contributed by atoms with Gasteiger partial charge >= 0.3 is 0 Å². The van der Waals surface area contributed by atoms with Gasteiger partial charge in [0.15, 0.2) is 0 Å². The van der Waals surface area contributed by atoms with Gasteiger partial charge in [-0.3, -0.25) is 9.98 Å². The van der Waals surface area contributed by atoms with E-state index in [0.717, 1.165) is 12.8 Å². The van der Waals surface area contributed by atoms with Crippen molar-refractivity contribution in [3.63, 3.8) is 0 Å². The van der Waals surface area contributed by atoms with E-state index < -0.39 is 0 Å². The summed E-state index contributed by atoms with van der Waals surface area (Å²) in [7, 11) is 0. The van der Waals surface area contributed by atoms with Crippen LogP contribution in [0.25, 0.3) is 0 Å². The maximum Gasteiger partial charge on any atom is 0.0703 e. The Morgan fingerprint density at radius 2 is 1.00 bits per heavy atom. The fourth-order valence-corrected chi connectivity index (χ4v) is 4.73. The SMILES string of the molecule is CC1CCC(=Nc2c(C(C)C)cccc2C(C)C)C1=Nc1c(C(C)C)cccc1C(C)C.[Ni]. The van der Waals surface area contributed by atoms with Crippen LogP contribution in [0, 0.1) is 5.92 Å². The summed E-state index contributed by atoms with van der Waals surface area (Å²) in [5.74, 6) is 2.21. The predicted octanol–water partition coefficient (Wildman–Crippen LogP) is 9.45. The molecule has 2 nitrogen and oxygen atoms in total. The Morgan fingerprint density at radius 3 is 1.36 bits per heavy atom. The molecule has 1 aliphatic carbocycles. The minimum Gasteiger partial charge on any atom is -0.251 e. The molecule has 1 aliphatic rings. The Balaban J connectivity index is 0.00000385. The molecule has 0 N–H and O–H groups in total. The molecule has 0 aromatic heterocycles. The van der Waals surface area contributed by atoms with Crippen LogP contribution in [0.4, 0.5) is 11.4 Å². The Morgan fingerprint density at radius 1 is 0.636 bits per heavy atom. The second-order valence-corrected chi connectivity index (χ2v) is 10.7. The van der Waals surface area contributed by atoms with Gasteiger partial charge in [0, 0.05) is 22.4 Å². The first kappa shape index (κ1) is 27.5. The largest absolute Gasteiger partial charge is 0.251 e.